The zero-order chi connectivity index (χ0) is 16.4. The summed E-state index contributed by atoms with van der Waals surface area (Å²) in [5.41, 5.74) is 0. The first kappa shape index (κ1) is 18.5. The molecule has 0 spiro atoms. The van der Waals surface area contributed by atoms with Crippen LogP contribution in [0.15, 0.2) is 40.2 Å². The van der Waals surface area contributed by atoms with Crippen molar-refractivity contribution in [2.24, 2.45) is 4.99 Å². The molecular formula is C16H27N3O2S. The average Bonchev–Trinajstić information content (AvgIpc) is 2.52. The quantitative estimate of drug-likeness (QED) is 0.568. The maximum absolute atomic E-state index is 12.5. The Morgan fingerprint density at radius 2 is 1.86 bits per heavy atom. The largest absolute Gasteiger partial charge is 0.357 e. The molecule has 1 unspecified atom stereocenters. The van der Waals surface area contributed by atoms with Gasteiger partial charge in [-0.2, -0.15) is 0 Å². The summed E-state index contributed by atoms with van der Waals surface area (Å²) in [6, 6.07) is 8.41. The van der Waals surface area contributed by atoms with E-state index in [1.165, 1.54) is 0 Å². The van der Waals surface area contributed by atoms with Gasteiger partial charge >= 0.3 is 0 Å². The SMILES string of the molecule is CCCN=C(NCC)NC(CC)CS(=O)(=O)c1ccccc1. The van der Waals surface area contributed by atoms with Crippen molar-refractivity contribution in [2.45, 2.75) is 44.6 Å². The molecule has 0 bridgehead atoms. The number of sulfone groups is 1. The first-order chi connectivity index (χ1) is 10.5. The van der Waals surface area contributed by atoms with E-state index in [1.807, 2.05) is 19.9 Å². The summed E-state index contributed by atoms with van der Waals surface area (Å²) in [6.07, 6.45) is 1.66. The monoisotopic (exact) mass is 325 g/mol. The van der Waals surface area contributed by atoms with Crippen molar-refractivity contribution in [1.82, 2.24) is 10.6 Å². The number of nitrogens with zero attached hydrogens (tertiary/aromatic N) is 1. The second kappa shape index (κ2) is 9.46. The number of guanidine groups is 1. The third-order valence-corrected chi connectivity index (χ3v) is 5.03. The topological polar surface area (TPSA) is 70.6 Å². The van der Waals surface area contributed by atoms with Crippen LogP contribution >= 0.6 is 0 Å². The molecule has 0 fully saturated rings. The molecule has 6 heteroatoms. The minimum Gasteiger partial charge on any atom is -0.357 e. The molecule has 0 heterocycles. The van der Waals surface area contributed by atoms with Crippen molar-refractivity contribution in [2.75, 3.05) is 18.8 Å². The van der Waals surface area contributed by atoms with Gasteiger partial charge in [0.15, 0.2) is 15.8 Å². The number of benzene rings is 1. The fraction of sp³-hybridized carbons (Fsp3) is 0.562. The number of aliphatic imine (C=N–C) groups is 1. The van der Waals surface area contributed by atoms with Crippen molar-refractivity contribution >= 4 is 15.8 Å². The molecule has 22 heavy (non-hydrogen) atoms. The van der Waals surface area contributed by atoms with Crippen molar-refractivity contribution in [1.29, 1.82) is 0 Å². The van der Waals surface area contributed by atoms with Crippen LogP contribution in [0, 0.1) is 0 Å². The highest BCUT2D eigenvalue weighted by Gasteiger charge is 2.20. The standard InChI is InChI=1S/C16H27N3O2S/c1-4-12-18-16(17-6-3)19-14(5-2)13-22(20,21)15-10-8-7-9-11-15/h7-11,14H,4-6,12-13H2,1-3H3,(H2,17,18,19). The fourth-order valence-corrected chi connectivity index (χ4v) is 3.60. The molecule has 0 aliphatic carbocycles. The highest BCUT2D eigenvalue weighted by molar-refractivity contribution is 7.91. The van der Waals surface area contributed by atoms with Gasteiger partial charge in [0.25, 0.3) is 0 Å². The minimum absolute atomic E-state index is 0.0596. The van der Waals surface area contributed by atoms with Gasteiger partial charge in [-0.3, -0.25) is 4.99 Å². The summed E-state index contributed by atoms with van der Waals surface area (Å²) < 4.78 is 24.9. The molecule has 1 aromatic rings. The lowest BCUT2D eigenvalue weighted by molar-refractivity contribution is 0.569. The van der Waals surface area contributed by atoms with E-state index < -0.39 is 9.84 Å². The van der Waals surface area contributed by atoms with Gasteiger partial charge in [0.2, 0.25) is 0 Å². The van der Waals surface area contributed by atoms with E-state index in [4.69, 9.17) is 0 Å². The summed E-state index contributed by atoms with van der Waals surface area (Å²) in [5, 5.41) is 6.38. The van der Waals surface area contributed by atoms with Gasteiger partial charge in [0, 0.05) is 19.1 Å². The Morgan fingerprint density at radius 3 is 2.41 bits per heavy atom. The normalized spacial score (nSPS) is 13.7. The van der Waals surface area contributed by atoms with Crippen molar-refractivity contribution in [3.05, 3.63) is 30.3 Å². The predicted octanol–water partition coefficient (Wildman–Crippen LogP) is 2.20. The molecule has 124 valence electrons. The van der Waals surface area contributed by atoms with Crippen LogP contribution in [0.1, 0.15) is 33.6 Å². The Labute approximate surface area is 134 Å². The molecule has 0 aromatic heterocycles. The Balaban J connectivity index is 2.79. The summed E-state index contributed by atoms with van der Waals surface area (Å²) in [6.45, 7) is 7.49. The molecule has 1 rings (SSSR count). The van der Waals surface area contributed by atoms with E-state index in [1.54, 1.807) is 24.3 Å². The van der Waals surface area contributed by atoms with E-state index in [9.17, 15) is 8.42 Å². The summed E-state index contributed by atoms with van der Waals surface area (Å²) in [7, 11) is -3.30. The molecule has 0 radical (unpaired) electrons. The van der Waals surface area contributed by atoms with Crippen LogP contribution in [-0.2, 0) is 9.84 Å². The van der Waals surface area contributed by atoms with Gasteiger partial charge in [-0.15, -0.1) is 0 Å². The highest BCUT2D eigenvalue weighted by Crippen LogP contribution is 2.12. The molecule has 2 N–H and O–H groups in total. The third-order valence-electron chi connectivity index (χ3n) is 3.19. The number of rotatable bonds is 8. The van der Waals surface area contributed by atoms with Gasteiger partial charge in [0.05, 0.1) is 10.6 Å². The first-order valence-electron chi connectivity index (χ1n) is 7.86. The third kappa shape index (κ3) is 6.05. The Hall–Kier alpha value is -1.56. The smallest absolute Gasteiger partial charge is 0.191 e. The number of nitrogens with one attached hydrogen (secondary N) is 2. The maximum atomic E-state index is 12.5. The molecule has 0 saturated heterocycles. The lowest BCUT2D eigenvalue weighted by Crippen LogP contribution is -2.46. The van der Waals surface area contributed by atoms with Crippen molar-refractivity contribution in [3.63, 3.8) is 0 Å². The molecule has 0 amide bonds. The first-order valence-corrected chi connectivity index (χ1v) is 9.51. The Kier molecular flexibility index (Phi) is 7.95. The van der Waals surface area contributed by atoms with Crippen LogP contribution in [0.25, 0.3) is 0 Å². The summed E-state index contributed by atoms with van der Waals surface area (Å²) in [5.74, 6) is 0.740. The highest BCUT2D eigenvalue weighted by atomic mass is 32.2. The lowest BCUT2D eigenvalue weighted by Gasteiger charge is -2.20. The fourth-order valence-electron chi connectivity index (χ4n) is 1.99. The number of hydrogen-bond donors (Lipinski definition) is 2. The number of hydrogen-bond acceptors (Lipinski definition) is 3. The van der Waals surface area contributed by atoms with Crippen molar-refractivity contribution < 1.29 is 8.42 Å². The van der Waals surface area contributed by atoms with E-state index in [-0.39, 0.29) is 11.8 Å². The van der Waals surface area contributed by atoms with Crippen LogP contribution in [0.2, 0.25) is 0 Å². The van der Waals surface area contributed by atoms with Gasteiger partial charge in [0.1, 0.15) is 0 Å². The minimum atomic E-state index is -3.30. The van der Waals surface area contributed by atoms with Crippen LogP contribution in [0.4, 0.5) is 0 Å². The molecule has 1 aromatic carbocycles. The molecule has 0 saturated carbocycles. The summed E-state index contributed by atoms with van der Waals surface area (Å²) >= 11 is 0. The molecule has 0 aliphatic rings. The van der Waals surface area contributed by atoms with E-state index >= 15 is 0 Å². The molecule has 0 aliphatic heterocycles. The second-order valence-electron chi connectivity index (χ2n) is 5.10. The second-order valence-corrected chi connectivity index (χ2v) is 7.14. The average molecular weight is 325 g/mol. The zero-order valence-electron chi connectivity index (χ0n) is 13.7. The van der Waals surface area contributed by atoms with Crippen LogP contribution in [-0.4, -0.2) is 39.3 Å². The maximum Gasteiger partial charge on any atom is 0.191 e. The van der Waals surface area contributed by atoms with Crippen LogP contribution in [0.5, 0.6) is 0 Å². The zero-order valence-corrected chi connectivity index (χ0v) is 14.5. The van der Waals surface area contributed by atoms with Crippen LogP contribution < -0.4 is 10.6 Å². The molecular weight excluding hydrogens is 298 g/mol. The Bertz CT molecular complexity index is 556. The van der Waals surface area contributed by atoms with Gasteiger partial charge < -0.3 is 10.6 Å². The molecule has 1 atom stereocenters. The van der Waals surface area contributed by atoms with Gasteiger partial charge in [-0.05, 0) is 31.9 Å². The van der Waals surface area contributed by atoms with E-state index in [0.29, 0.717) is 17.3 Å². The van der Waals surface area contributed by atoms with Crippen LogP contribution in [0.3, 0.4) is 0 Å². The van der Waals surface area contributed by atoms with E-state index in [0.717, 1.165) is 19.5 Å². The van der Waals surface area contributed by atoms with Crippen molar-refractivity contribution in [3.8, 4) is 0 Å². The van der Waals surface area contributed by atoms with E-state index in [2.05, 4.69) is 22.5 Å². The summed E-state index contributed by atoms with van der Waals surface area (Å²) in [4.78, 5) is 4.79. The molecule has 5 nitrogen and oxygen atoms in total. The Morgan fingerprint density at radius 1 is 1.18 bits per heavy atom. The van der Waals surface area contributed by atoms with Gasteiger partial charge in [-0.1, -0.05) is 32.0 Å². The van der Waals surface area contributed by atoms with Gasteiger partial charge in [-0.25, -0.2) is 8.42 Å². The lowest BCUT2D eigenvalue weighted by atomic mass is 10.3. The predicted molar refractivity (Wildman–Crippen MR) is 92.0 cm³/mol.